The lowest BCUT2D eigenvalue weighted by molar-refractivity contribution is -0.151. The first kappa shape index (κ1) is 26.6. The monoisotopic (exact) mass is 477 g/mol. The van der Waals surface area contributed by atoms with Crippen LogP contribution in [0.5, 0.6) is 0 Å². The lowest BCUT2D eigenvalue weighted by Crippen LogP contribution is -2.45. The van der Waals surface area contributed by atoms with Gasteiger partial charge < -0.3 is 10.1 Å². The second-order valence-corrected chi connectivity index (χ2v) is 8.46. The molecule has 0 radical (unpaired) electrons. The molecule has 7 nitrogen and oxygen atoms in total. The molecule has 2 aromatic rings. The number of benzene rings is 2. The summed E-state index contributed by atoms with van der Waals surface area (Å²) >= 11 is 0. The number of anilines is 1. The van der Waals surface area contributed by atoms with E-state index in [-0.39, 0.29) is 11.6 Å². The molecule has 34 heavy (non-hydrogen) atoms. The highest BCUT2D eigenvalue weighted by molar-refractivity contribution is 5.97. The molecule has 2 rings (SSSR count). The van der Waals surface area contributed by atoms with E-state index in [1.807, 2.05) is 0 Å². The van der Waals surface area contributed by atoms with Crippen LogP contribution in [0.3, 0.4) is 0 Å². The Bertz CT molecular complexity index is 1050. The second kappa shape index (κ2) is 11.0. The van der Waals surface area contributed by atoms with Gasteiger partial charge in [-0.3, -0.25) is 9.59 Å². The molecule has 0 aliphatic rings. The van der Waals surface area contributed by atoms with Crippen LogP contribution in [0.25, 0.3) is 0 Å². The molecule has 0 heterocycles. The molecule has 0 aliphatic carbocycles. The highest BCUT2D eigenvalue weighted by atomic mass is 19.4. The number of carbonyl (C=O) groups is 3. The van der Waals surface area contributed by atoms with E-state index in [1.165, 1.54) is 19.2 Å². The molecular formula is C24H26F3N3O4. The van der Waals surface area contributed by atoms with Crippen molar-refractivity contribution in [1.82, 2.24) is 5.32 Å². The summed E-state index contributed by atoms with van der Waals surface area (Å²) in [4.78, 5) is 37.1. The van der Waals surface area contributed by atoms with Crippen molar-refractivity contribution in [2.75, 3.05) is 11.6 Å². The maximum atomic E-state index is 13.2. The molecule has 0 spiro atoms. The molecule has 1 atom stereocenters. The van der Waals surface area contributed by atoms with Gasteiger partial charge in [0.05, 0.1) is 17.5 Å². The van der Waals surface area contributed by atoms with Gasteiger partial charge in [0.15, 0.2) is 6.61 Å². The summed E-state index contributed by atoms with van der Waals surface area (Å²) in [6.45, 7) is 5.61. The minimum absolute atomic E-state index is 0.155. The average molecular weight is 477 g/mol. The quantitative estimate of drug-likeness (QED) is 0.368. The number of esters is 1. The summed E-state index contributed by atoms with van der Waals surface area (Å²) in [6, 6.07) is 11.6. The molecule has 0 bridgehead atoms. The zero-order chi connectivity index (χ0) is 25.5. The normalized spacial score (nSPS) is 12.8. The summed E-state index contributed by atoms with van der Waals surface area (Å²) in [5.74, 6) is -2.14. The van der Waals surface area contributed by atoms with Crippen molar-refractivity contribution < 1.29 is 32.3 Å². The van der Waals surface area contributed by atoms with Crippen molar-refractivity contribution in [3.63, 3.8) is 0 Å². The minimum Gasteiger partial charge on any atom is -0.454 e. The van der Waals surface area contributed by atoms with E-state index in [2.05, 4.69) is 10.4 Å². The second-order valence-electron chi connectivity index (χ2n) is 8.46. The Kier molecular flexibility index (Phi) is 8.56. The number of alkyl halides is 3. The Morgan fingerprint density at radius 2 is 1.71 bits per heavy atom. The molecule has 1 unspecified atom stereocenters. The number of amides is 2. The number of nitrogens with one attached hydrogen (secondary N) is 1. The average Bonchev–Trinajstić information content (AvgIpc) is 2.77. The van der Waals surface area contributed by atoms with Crippen LogP contribution in [0, 0.1) is 5.41 Å². The van der Waals surface area contributed by atoms with Gasteiger partial charge in [-0.05, 0) is 30.7 Å². The molecule has 0 saturated carbocycles. The summed E-state index contributed by atoms with van der Waals surface area (Å²) in [5, 5.41) is 7.23. The first-order chi connectivity index (χ1) is 15.8. The van der Waals surface area contributed by atoms with Gasteiger partial charge in [0.2, 0.25) is 5.91 Å². The van der Waals surface area contributed by atoms with E-state index >= 15 is 0 Å². The zero-order valence-electron chi connectivity index (χ0n) is 19.2. The van der Waals surface area contributed by atoms with Crippen molar-refractivity contribution >= 4 is 29.7 Å². The fourth-order valence-corrected chi connectivity index (χ4v) is 2.54. The van der Waals surface area contributed by atoms with Crippen LogP contribution in [-0.4, -0.2) is 36.6 Å². The Morgan fingerprint density at radius 3 is 2.29 bits per heavy atom. The summed E-state index contributed by atoms with van der Waals surface area (Å²) in [5.41, 5.74) is -1.26. The number of hydrazone groups is 1. The van der Waals surface area contributed by atoms with E-state index in [1.54, 1.807) is 51.1 Å². The van der Waals surface area contributed by atoms with Crippen LogP contribution in [0.15, 0.2) is 59.7 Å². The Hall–Kier alpha value is -3.69. The first-order valence-electron chi connectivity index (χ1n) is 10.4. The van der Waals surface area contributed by atoms with Crippen LogP contribution in [-0.2, 0) is 25.3 Å². The molecule has 0 saturated heterocycles. The van der Waals surface area contributed by atoms with Crippen molar-refractivity contribution in [3.8, 4) is 0 Å². The Morgan fingerprint density at radius 1 is 1.06 bits per heavy atom. The van der Waals surface area contributed by atoms with Crippen molar-refractivity contribution in [2.45, 2.75) is 39.9 Å². The highest BCUT2D eigenvalue weighted by Crippen LogP contribution is 2.31. The van der Waals surface area contributed by atoms with Gasteiger partial charge in [-0.2, -0.15) is 23.3 Å². The Balaban J connectivity index is 2.20. The third-order valence-corrected chi connectivity index (χ3v) is 4.50. The number of rotatable bonds is 7. The first-order valence-corrected chi connectivity index (χ1v) is 10.4. The van der Waals surface area contributed by atoms with E-state index in [0.717, 1.165) is 23.2 Å². The predicted molar refractivity (Wildman–Crippen MR) is 121 cm³/mol. The number of halogens is 3. The van der Waals surface area contributed by atoms with Gasteiger partial charge in [-0.15, -0.1) is 0 Å². The molecule has 0 aromatic heterocycles. The topological polar surface area (TPSA) is 88.1 Å². The number of nitrogens with zero attached hydrogens (tertiary/aromatic N) is 2. The maximum Gasteiger partial charge on any atom is 0.416 e. The lowest BCUT2D eigenvalue weighted by atomic mass is 9.95. The van der Waals surface area contributed by atoms with Gasteiger partial charge in [0.1, 0.15) is 6.04 Å². The summed E-state index contributed by atoms with van der Waals surface area (Å²) in [6.07, 6.45) is -3.33. The Labute approximate surface area is 195 Å². The van der Waals surface area contributed by atoms with Gasteiger partial charge in [-0.25, -0.2) is 4.79 Å². The smallest absolute Gasteiger partial charge is 0.416 e. The highest BCUT2D eigenvalue weighted by Gasteiger charge is 2.32. The van der Waals surface area contributed by atoms with E-state index in [0.29, 0.717) is 5.56 Å². The zero-order valence-corrected chi connectivity index (χ0v) is 19.2. The van der Waals surface area contributed by atoms with Crippen LogP contribution >= 0.6 is 0 Å². The van der Waals surface area contributed by atoms with Gasteiger partial charge in [-0.1, -0.05) is 57.2 Å². The summed E-state index contributed by atoms with van der Waals surface area (Å²) < 4.78 is 44.5. The third-order valence-electron chi connectivity index (χ3n) is 4.50. The molecule has 2 aromatic carbocycles. The minimum atomic E-state index is -4.62. The van der Waals surface area contributed by atoms with Gasteiger partial charge >= 0.3 is 12.1 Å². The SMILES string of the molecule is CC(NC(=O)C(C)(C)C)C(=O)OCC(=O)N(/N=C/c1ccccc1)c1cccc(C(F)(F)F)c1. The fourth-order valence-electron chi connectivity index (χ4n) is 2.54. The lowest BCUT2D eigenvalue weighted by Gasteiger charge is -2.22. The largest absolute Gasteiger partial charge is 0.454 e. The number of carbonyl (C=O) groups excluding carboxylic acids is 3. The van der Waals surface area contributed by atoms with Crippen LogP contribution in [0.1, 0.15) is 38.8 Å². The number of hydrogen-bond acceptors (Lipinski definition) is 5. The molecule has 10 heteroatoms. The standard InChI is InChI=1S/C24H26F3N3O4/c1-16(29-22(33)23(2,3)4)21(32)34-15-20(31)30(28-14-17-9-6-5-7-10-17)19-12-8-11-18(13-19)24(25,26)27/h5-14,16H,15H2,1-4H3,(H,29,33)/b28-14+. The van der Waals surface area contributed by atoms with Crippen LogP contribution in [0.4, 0.5) is 18.9 Å². The van der Waals surface area contributed by atoms with Crippen LogP contribution < -0.4 is 10.3 Å². The van der Waals surface area contributed by atoms with E-state index in [9.17, 15) is 27.6 Å². The third kappa shape index (κ3) is 7.72. The van der Waals surface area contributed by atoms with Crippen LogP contribution in [0.2, 0.25) is 0 Å². The molecule has 1 N–H and O–H groups in total. The molecule has 2 amide bonds. The summed E-state index contributed by atoms with van der Waals surface area (Å²) in [7, 11) is 0. The van der Waals surface area contributed by atoms with Gasteiger partial charge in [0.25, 0.3) is 5.91 Å². The van der Waals surface area contributed by atoms with Crippen molar-refractivity contribution in [1.29, 1.82) is 0 Å². The molecule has 0 fully saturated rings. The number of hydrogen-bond donors (Lipinski definition) is 1. The fraction of sp³-hybridized carbons (Fsp3) is 0.333. The van der Waals surface area contributed by atoms with Crippen molar-refractivity contribution in [3.05, 3.63) is 65.7 Å². The van der Waals surface area contributed by atoms with Gasteiger partial charge in [0, 0.05) is 5.41 Å². The molecule has 0 aliphatic heterocycles. The number of ether oxygens (including phenoxy) is 1. The molecule has 182 valence electrons. The van der Waals surface area contributed by atoms with Crippen molar-refractivity contribution in [2.24, 2.45) is 10.5 Å². The van der Waals surface area contributed by atoms with E-state index in [4.69, 9.17) is 4.74 Å². The predicted octanol–water partition coefficient (Wildman–Crippen LogP) is 4.17. The molecular weight excluding hydrogens is 451 g/mol. The van der Waals surface area contributed by atoms with E-state index < -0.39 is 41.7 Å². The maximum absolute atomic E-state index is 13.2.